The van der Waals surface area contributed by atoms with Gasteiger partial charge in [0.05, 0.1) is 58.4 Å². The number of hydrogen-bond donors (Lipinski definition) is 2. The second-order valence-corrected chi connectivity index (χ2v) is 10.1. The zero-order chi connectivity index (χ0) is 23.2. The molecule has 1 aromatic carbocycles. The summed E-state index contributed by atoms with van der Waals surface area (Å²) in [6.45, 7) is 5.55. The number of rotatable bonds is 5. The molecule has 1 fully saturated rings. The number of nitrogens with zero attached hydrogens (tertiary/aromatic N) is 5. The molecule has 2 N–H and O–H groups in total. The van der Waals surface area contributed by atoms with Crippen molar-refractivity contribution in [1.29, 1.82) is 0 Å². The molecule has 6 rings (SSSR count). The first-order valence-electron chi connectivity index (χ1n) is 10.9. The van der Waals surface area contributed by atoms with Crippen LogP contribution in [0.5, 0.6) is 0 Å². The number of H-pyrrole nitrogens is 1. The number of imidazole rings is 2. The van der Waals surface area contributed by atoms with E-state index in [9.17, 15) is 0 Å². The van der Waals surface area contributed by atoms with Crippen LogP contribution < -0.4 is 10.2 Å². The lowest BCUT2D eigenvalue weighted by Crippen LogP contribution is -2.37. The molecule has 0 saturated carbocycles. The van der Waals surface area contributed by atoms with E-state index >= 15 is 0 Å². The summed E-state index contributed by atoms with van der Waals surface area (Å²) in [5.74, 6) is 1.66. The maximum Gasteiger partial charge on any atom is 0.177 e. The molecule has 8 nitrogen and oxygen atoms in total. The number of halogens is 2. The SMILES string of the molecule is Cc1cc(-c2cnc3c(NCc4nc5cc(Cl)c(Cl)cc5[nH]4)cc(N4CCOCC4)nn23)cs1. The molecule has 0 radical (unpaired) electrons. The Morgan fingerprint density at radius 2 is 1.97 bits per heavy atom. The van der Waals surface area contributed by atoms with E-state index in [-0.39, 0.29) is 0 Å². The van der Waals surface area contributed by atoms with Gasteiger partial charge in [0.1, 0.15) is 5.82 Å². The Morgan fingerprint density at radius 1 is 1.15 bits per heavy atom. The molecule has 0 amide bonds. The van der Waals surface area contributed by atoms with Crippen LogP contribution in [-0.4, -0.2) is 50.9 Å². The molecule has 1 aliphatic rings. The Bertz CT molecular complexity index is 1460. The number of hydrogen-bond acceptors (Lipinski definition) is 7. The monoisotopic (exact) mass is 513 g/mol. The minimum absolute atomic E-state index is 0.478. The Kier molecular flexibility index (Phi) is 5.57. The highest BCUT2D eigenvalue weighted by Gasteiger charge is 2.19. The molecule has 0 aliphatic carbocycles. The van der Waals surface area contributed by atoms with Crippen molar-refractivity contribution in [2.75, 3.05) is 36.5 Å². The Morgan fingerprint density at radius 3 is 2.76 bits per heavy atom. The maximum absolute atomic E-state index is 6.15. The molecule has 0 spiro atoms. The highest BCUT2D eigenvalue weighted by Crippen LogP contribution is 2.31. The first-order chi connectivity index (χ1) is 16.5. The number of ether oxygens (including phenoxy) is 1. The van der Waals surface area contributed by atoms with Crippen LogP contribution in [0.3, 0.4) is 0 Å². The third kappa shape index (κ3) is 3.98. The normalized spacial score (nSPS) is 14.4. The largest absolute Gasteiger partial charge is 0.378 e. The minimum atomic E-state index is 0.478. The predicted octanol–water partition coefficient (Wildman–Crippen LogP) is 5.40. The number of aryl methyl sites for hydroxylation is 1. The molecule has 4 aromatic heterocycles. The van der Waals surface area contributed by atoms with Crippen LogP contribution >= 0.6 is 34.5 Å². The summed E-state index contributed by atoms with van der Waals surface area (Å²) in [4.78, 5) is 16.1. The molecule has 5 aromatic rings. The smallest absolute Gasteiger partial charge is 0.177 e. The number of anilines is 2. The highest BCUT2D eigenvalue weighted by atomic mass is 35.5. The van der Waals surface area contributed by atoms with Gasteiger partial charge in [-0.2, -0.15) is 0 Å². The summed E-state index contributed by atoms with van der Waals surface area (Å²) in [5.41, 5.74) is 5.33. The van der Waals surface area contributed by atoms with Gasteiger partial charge in [0.15, 0.2) is 11.5 Å². The van der Waals surface area contributed by atoms with Crippen LogP contribution in [0.15, 0.2) is 35.8 Å². The predicted molar refractivity (Wildman–Crippen MR) is 138 cm³/mol. The van der Waals surface area contributed by atoms with E-state index in [0.29, 0.717) is 29.8 Å². The molecule has 1 saturated heterocycles. The van der Waals surface area contributed by atoms with Crippen LogP contribution in [0.1, 0.15) is 10.7 Å². The third-order valence-corrected chi connectivity index (χ3v) is 7.42. The van der Waals surface area contributed by atoms with Gasteiger partial charge in [-0.05, 0) is 25.1 Å². The van der Waals surface area contributed by atoms with Gasteiger partial charge >= 0.3 is 0 Å². The summed E-state index contributed by atoms with van der Waals surface area (Å²) in [7, 11) is 0. The van der Waals surface area contributed by atoms with Crippen LogP contribution in [0.2, 0.25) is 10.0 Å². The van der Waals surface area contributed by atoms with E-state index in [4.69, 9.17) is 38.0 Å². The van der Waals surface area contributed by atoms with Crippen molar-refractivity contribution in [3.63, 3.8) is 0 Å². The molecule has 1 aliphatic heterocycles. The summed E-state index contributed by atoms with van der Waals surface area (Å²) >= 11 is 14.0. The molecule has 0 atom stereocenters. The van der Waals surface area contributed by atoms with Gasteiger partial charge in [-0.15, -0.1) is 16.4 Å². The lowest BCUT2D eigenvalue weighted by atomic mass is 10.2. The Balaban J connectivity index is 1.38. The van der Waals surface area contributed by atoms with E-state index in [0.717, 1.165) is 58.4 Å². The van der Waals surface area contributed by atoms with Gasteiger partial charge < -0.3 is 19.9 Å². The lowest BCUT2D eigenvalue weighted by molar-refractivity contribution is 0.122. The van der Waals surface area contributed by atoms with Crippen molar-refractivity contribution in [3.05, 3.63) is 56.6 Å². The summed E-state index contributed by atoms with van der Waals surface area (Å²) in [6, 6.07) is 7.77. The van der Waals surface area contributed by atoms with E-state index in [2.05, 4.69) is 38.6 Å². The Hall–Kier alpha value is -2.85. The number of aromatic nitrogens is 5. The van der Waals surface area contributed by atoms with E-state index in [1.807, 2.05) is 16.8 Å². The van der Waals surface area contributed by atoms with Crippen LogP contribution in [-0.2, 0) is 11.3 Å². The number of aromatic amines is 1. The fourth-order valence-electron chi connectivity index (χ4n) is 4.13. The van der Waals surface area contributed by atoms with Crippen molar-refractivity contribution < 1.29 is 4.74 Å². The zero-order valence-electron chi connectivity index (χ0n) is 18.3. The van der Waals surface area contributed by atoms with E-state index in [1.54, 1.807) is 23.5 Å². The lowest BCUT2D eigenvalue weighted by Gasteiger charge is -2.28. The molecular weight excluding hydrogens is 493 g/mol. The van der Waals surface area contributed by atoms with Crippen LogP contribution in [0.25, 0.3) is 27.9 Å². The quantitative estimate of drug-likeness (QED) is 0.327. The molecule has 34 heavy (non-hydrogen) atoms. The second kappa shape index (κ2) is 8.74. The molecule has 5 heterocycles. The summed E-state index contributed by atoms with van der Waals surface area (Å²) in [6.07, 6.45) is 1.88. The van der Waals surface area contributed by atoms with Gasteiger partial charge in [0.2, 0.25) is 0 Å². The van der Waals surface area contributed by atoms with Crippen molar-refractivity contribution >= 4 is 62.7 Å². The summed E-state index contributed by atoms with van der Waals surface area (Å²) in [5, 5.41) is 11.6. The van der Waals surface area contributed by atoms with Gasteiger partial charge in [0, 0.05) is 35.0 Å². The average molecular weight is 514 g/mol. The highest BCUT2D eigenvalue weighted by molar-refractivity contribution is 7.10. The number of morpholine rings is 1. The average Bonchev–Trinajstić information content (AvgIpc) is 3.56. The molecule has 0 unspecified atom stereocenters. The number of fused-ring (bicyclic) bond motifs is 2. The van der Waals surface area contributed by atoms with Crippen molar-refractivity contribution in [2.45, 2.75) is 13.5 Å². The fourth-order valence-corrected chi connectivity index (χ4v) is 5.15. The van der Waals surface area contributed by atoms with Crippen LogP contribution in [0, 0.1) is 6.92 Å². The van der Waals surface area contributed by atoms with Gasteiger partial charge in [-0.25, -0.2) is 14.5 Å². The van der Waals surface area contributed by atoms with Crippen molar-refractivity contribution in [1.82, 2.24) is 24.6 Å². The second-order valence-electron chi connectivity index (χ2n) is 8.16. The minimum Gasteiger partial charge on any atom is -0.378 e. The van der Waals surface area contributed by atoms with Crippen molar-refractivity contribution in [3.8, 4) is 11.3 Å². The maximum atomic E-state index is 6.15. The third-order valence-electron chi connectivity index (χ3n) is 5.84. The molecular formula is C23H21Cl2N7OS. The number of benzene rings is 1. The fraction of sp³-hybridized carbons (Fsp3) is 0.261. The standard InChI is InChI=1S/C23H21Cl2N7OS/c1-13-6-14(12-34-13)20-10-27-23-19(9-22(30-32(20)23)31-2-4-33-5-3-31)26-11-21-28-17-7-15(24)16(25)8-18(17)29-21/h6-10,12,26H,2-5,11H2,1H3,(H,28,29). The summed E-state index contributed by atoms with van der Waals surface area (Å²) < 4.78 is 7.46. The molecule has 174 valence electrons. The zero-order valence-corrected chi connectivity index (χ0v) is 20.6. The molecule has 0 bridgehead atoms. The van der Waals surface area contributed by atoms with E-state index < -0.39 is 0 Å². The number of nitrogens with one attached hydrogen (secondary N) is 2. The Labute approximate surface area is 209 Å². The molecule has 11 heteroatoms. The number of thiophene rings is 1. The van der Waals surface area contributed by atoms with Crippen molar-refractivity contribution in [2.24, 2.45) is 0 Å². The van der Waals surface area contributed by atoms with Crippen LogP contribution in [0.4, 0.5) is 11.5 Å². The van der Waals surface area contributed by atoms with Gasteiger partial charge in [0.25, 0.3) is 0 Å². The topological polar surface area (TPSA) is 83.4 Å². The van der Waals surface area contributed by atoms with E-state index in [1.165, 1.54) is 4.88 Å². The van der Waals surface area contributed by atoms with Gasteiger partial charge in [-0.1, -0.05) is 23.2 Å². The van der Waals surface area contributed by atoms with Gasteiger partial charge in [-0.3, -0.25) is 0 Å². The first-order valence-corrected chi connectivity index (χ1v) is 12.5. The first kappa shape index (κ1) is 21.7.